The average Bonchev–Trinajstić information content (AvgIpc) is 3.38. The van der Waals surface area contributed by atoms with E-state index in [0.29, 0.717) is 36.6 Å². The molecule has 166 valence electrons. The zero-order chi connectivity index (χ0) is 21.3. The number of hydrogen-bond acceptors (Lipinski definition) is 6. The van der Waals surface area contributed by atoms with E-state index >= 15 is 0 Å². The molecule has 2 aliphatic heterocycles. The molecule has 3 fully saturated rings. The molecule has 1 saturated carbocycles. The first-order chi connectivity index (χ1) is 14.3. The van der Waals surface area contributed by atoms with Crippen LogP contribution in [0.4, 0.5) is 0 Å². The van der Waals surface area contributed by atoms with Gasteiger partial charge in [0, 0.05) is 32.1 Å². The molecule has 1 aromatic heterocycles. The third-order valence-electron chi connectivity index (χ3n) is 6.89. The van der Waals surface area contributed by atoms with E-state index in [1.54, 1.807) is 0 Å². The summed E-state index contributed by atoms with van der Waals surface area (Å²) < 4.78 is 5.51. The number of hydrogen-bond donors (Lipinski definition) is 1. The van der Waals surface area contributed by atoms with Crippen molar-refractivity contribution in [2.24, 2.45) is 17.3 Å². The van der Waals surface area contributed by atoms with Crippen LogP contribution >= 0.6 is 0 Å². The highest BCUT2D eigenvalue weighted by molar-refractivity contribution is 5.81. The summed E-state index contributed by atoms with van der Waals surface area (Å²) in [6.07, 6.45) is 5.94. The van der Waals surface area contributed by atoms with Gasteiger partial charge >= 0.3 is 0 Å². The highest BCUT2D eigenvalue weighted by Crippen LogP contribution is 2.49. The number of carbonyl (C=O) groups excluding carboxylic acids is 2. The van der Waals surface area contributed by atoms with Crippen LogP contribution in [0, 0.1) is 24.2 Å². The number of rotatable bonds is 7. The second kappa shape index (κ2) is 8.65. The predicted molar refractivity (Wildman–Crippen MR) is 111 cm³/mol. The predicted octanol–water partition coefficient (Wildman–Crippen LogP) is 2.31. The maximum atomic E-state index is 12.6. The van der Waals surface area contributed by atoms with Gasteiger partial charge in [0.1, 0.15) is 0 Å². The Morgan fingerprint density at radius 1 is 1.27 bits per heavy atom. The molecular formula is C22H35N5O3. The molecule has 1 spiro atoms. The molecule has 30 heavy (non-hydrogen) atoms. The number of nitrogens with one attached hydrogen (secondary N) is 1. The van der Waals surface area contributed by atoms with Crippen molar-refractivity contribution in [1.29, 1.82) is 0 Å². The van der Waals surface area contributed by atoms with Crippen molar-refractivity contribution < 1.29 is 14.1 Å². The first-order valence-electron chi connectivity index (χ1n) is 11.4. The van der Waals surface area contributed by atoms with Gasteiger partial charge in [0.05, 0.1) is 12.6 Å². The lowest BCUT2D eigenvalue weighted by atomic mass is 9.76. The Hall–Kier alpha value is -1.96. The summed E-state index contributed by atoms with van der Waals surface area (Å²) in [4.78, 5) is 33.8. The Labute approximate surface area is 178 Å². The minimum atomic E-state index is -0.0345. The summed E-state index contributed by atoms with van der Waals surface area (Å²) in [5.41, 5.74) is 0.103. The Bertz CT molecular complexity index is 765. The molecule has 0 aromatic carbocycles. The third-order valence-corrected chi connectivity index (χ3v) is 6.89. The van der Waals surface area contributed by atoms with Gasteiger partial charge in [-0.05, 0) is 56.8 Å². The van der Waals surface area contributed by atoms with E-state index in [1.165, 1.54) is 0 Å². The summed E-state index contributed by atoms with van der Waals surface area (Å²) in [7, 11) is 0. The Balaban J connectivity index is 1.40. The molecule has 2 amide bonds. The first kappa shape index (κ1) is 21.3. The molecular weight excluding hydrogens is 382 g/mol. The van der Waals surface area contributed by atoms with Gasteiger partial charge in [0.2, 0.25) is 17.7 Å². The van der Waals surface area contributed by atoms with Crippen molar-refractivity contribution >= 4 is 11.8 Å². The maximum absolute atomic E-state index is 12.6. The zero-order valence-corrected chi connectivity index (χ0v) is 18.5. The van der Waals surface area contributed by atoms with Crippen molar-refractivity contribution in [1.82, 2.24) is 25.3 Å². The molecule has 3 aliphatic rings. The van der Waals surface area contributed by atoms with Crippen molar-refractivity contribution in [3.8, 4) is 0 Å². The van der Waals surface area contributed by atoms with Gasteiger partial charge < -0.3 is 14.7 Å². The summed E-state index contributed by atoms with van der Waals surface area (Å²) >= 11 is 0. The number of aromatic nitrogens is 2. The second-order valence-corrected chi connectivity index (χ2v) is 9.94. The van der Waals surface area contributed by atoms with Crippen LogP contribution in [0.15, 0.2) is 4.52 Å². The fourth-order valence-electron chi connectivity index (χ4n) is 4.90. The number of piperidine rings is 1. The highest BCUT2D eigenvalue weighted by atomic mass is 16.5. The minimum Gasteiger partial charge on any atom is -0.355 e. The molecule has 1 N–H and O–H groups in total. The molecule has 0 bridgehead atoms. The van der Waals surface area contributed by atoms with Gasteiger partial charge in [0.15, 0.2) is 5.82 Å². The minimum absolute atomic E-state index is 0.0345. The highest BCUT2D eigenvalue weighted by Gasteiger charge is 2.49. The monoisotopic (exact) mass is 417 g/mol. The summed E-state index contributed by atoms with van der Waals surface area (Å²) in [6, 6.07) is -0.0345. The number of aryl methyl sites for hydroxylation is 1. The molecule has 4 rings (SSSR count). The Morgan fingerprint density at radius 2 is 2.00 bits per heavy atom. The van der Waals surface area contributed by atoms with Crippen LogP contribution in [-0.2, 0) is 9.59 Å². The molecule has 8 heteroatoms. The quantitative estimate of drug-likeness (QED) is 0.732. The van der Waals surface area contributed by atoms with Crippen molar-refractivity contribution in [2.45, 2.75) is 65.3 Å². The van der Waals surface area contributed by atoms with E-state index in [9.17, 15) is 9.59 Å². The lowest BCUT2D eigenvalue weighted by Crippen LogP contribution is -2.45. The van der Waals surface area contributed by atoms with Crippen LogP contribution in [0.25, 0.3) is 0 Å². The standard InChI is InChI=1S/C22H35N5O3/c1-15(2)6-9-23-19(28)13-27-14-22(12-18(27)20-24-16(3)25-30-20)7-10-26(11-8-22)21(29)17-4-5-17/h15,17-18H,4-14H2,1-3H3,(H,23,28). The SMILES string of the molecule is Cc1noc(C2CC3(CCN(C(=O)C4CC4)CC3)CN2CC(=O)NCCC(C)C)n1. The van der Waals surface area contributed by atoms with E-state index in [0.717, 1.165) is 58.2 Å². The Kier molecular flexibility index (Phi) is 6.14. The number of nitrogens with zero attached hydrogens (tertiary/aromatic N) is 4. The molecule has 2 saturated heterocycles. The van der Waals surface area contributed by atoms with Crippen LogP contribution in [0.3, 0.4) is 0 Å². The normalized spacial score (nSPS) is 24.0. The number of amides is 2. The fraction of sp³-hybridized carbons (Fsp3) is 0.818. The zero-order valence-electron chi connectivity index (χ0n) is 18.5. The second-order valence-electron chi connectivity index (χ2n) is 9.94. The van der Waals surface area contributed by atoms with Gasteiger partial charge in [0.25, 0.3) is 0 Å². The Morgan fingerprint density at radius 3 is 2.60 bits per heavy atom. The molecule has 1 unspecified atom stereocenters. The van der Waals surface area contributed by atoms with E-state index in [-0.39, 0.29) is 23.3 Å². The molecule has 1 aromatic rings. The van der Waals surface area contributed by atoms with Gasteiger partial charge in [-0.2, -0.15) is 4.98 Å². The van der Waals surface area contributed by atoms with Crippen LogP contribution < -0.4 is 5.32 Å². The molecule has 1 aliphatic carbocycles. The lowest BCUT2D eigenvalue weighted by Gasteiger charge is -2.39. The van der Waals surface area contributed by atoms with E-state index in [2.05, 4.69) is 39.1 Å². The lowest BCUT2D eigenvalue weighted by molar-refractivity contribution is -0.134. The van der Waals surface area contributed by atoms with Crippen LogP contribution in [-0.4, -0.2) is 64.5 Å². The third kappa shape index (κ3) is 4.85. The van der Waals surface area contributed by atoms with Crippen LogP contribution in [0.2, 0.25) is 0 Å². The largest absolute Gasteiger partial charge is 0.355 e. The molecule has 0 radical (unpaired) electrons. The smallest absolute Gasteiger partial charge is 0.244 e. The van der Waals surface area contributed by atoms with Gasteiger partial charge in [-0.1, -0.05) is 19.0 Å². The molecule has 8 nitrogen and oxygen atoms in total. The molecule has 1 atom stereocenters. The average molecular weight is 418 g/mol. The number of carbonyl (C=O) groups is 2. The van der Waals surface area contributed by atoms with E-state index in [1.807, 2.05) is 6.92 Å². The summed E-state index contributed by atoms with van der Waals surface area (Å²) in [6.45, 7) is 9.66. The first-order valence-corrected chi connectivity index (χ1v) is 11.4. The maximum Gasteiger partial charge on any atom is 0.244 e. The topological polar surface area (TPSA) is 91.6 Å². The van der Waals surface area contributed by atoms with E-state index < -0.39 is 0 Å². The van der Waals surface area contributed by atoms with Gasteiger partial charge in [-0.25, -0.2) is 0 Å². The van der Waals surface area contributed by atoms with Gasteiger partial charge in [-0.15, -0.1) is 0 Å². The van der Waals surface area contributed by atoms with Crippen molar-refractivity contribution in [2.75, 3.05) is 32.7 Å². The fourth-order valence-corrected chi connectivity index (χ4v) is 4.90. The summed E-state index contributed by atoms with van der Waals surface area (Å²) in [5, 5.41) is 7.02. The number of likely N-dealkylation sites (tertiary alicyclic amines) is 2. The van der Waals surface area contributed by atoms with Crippen molar-refractivity contribution in [3.63, 3.8) is 0 Å². The van der Waals surface area contributed by atoms with Gasteiger partial charge in [-0.3, -0.25) is 14.5 Å². The van der Waals surface area contributed by atoms with Crippen LogP contribution in [0.1, 0.15) is 70.1 Å². The summed E-state index contributed by atoms with van der Waals surface area (Å²) in [5.74, 6) is 2.47. The van der Waals surface area contributed by atoms with E-state index in [4.69, 9.17) is 4.52 Å². The molecule has 3 heterocycles. The van der Waals surface area contributed by atoms with Crippen molar-refractivity contribution in [3.05, 3.63) is 11.7 Å². The van der Waals surface area contributed by atoms with Crippen LogP contribution in [0.5, 0.6) is 0 Å².